The molecule has 1 N–H and O–H groups in total. The van der Waals surface area contributed by atoms with E-state index in [9.17, 15) is 0 Å². The van der Waals surface area contributed by atoms with Crippen molar-refractivity contribution < 1.29 is 4.84 Å². The van der Waals surface area contributed by atoms with Crippen LogP contribution in [0.1, 0.15) is 34.9 Å². The highest BCUT2D eigenvalue weighted by atomic mass is 16.7. The van der Waals surface area contributed by atoms with E-state index >= 15 is 0 Å². The molecule has 0 amide bonds. The first kappa shape index (κ1) is 11.7. The lowest BCUT2D eigenvalue weighted by molar-refractivity contribution is 0.0377. The summed E-state index contributed by atoms with van der Waals surface area (Å²) in [4.78, 5) is 10.3. The van der Waals surface area contributed by atoms with E-state index in [-0.39, 0.29) is 6.23 Å². The van der Waals surface area contributed by atoms with E-state index in [0.717, 1.165) is 17.8 Å². The van der Waals surface area contributed by atoms with Crippen LogP contribution in [0.2, 0.25) is 0 Å². The quantitative estimate of drug-likeness (QED) is 0.904. The summed E-state index contributed by atoms with van der Waals surface area (Å²) in [5.74, 6) is 0.859. The minimum atomic E-state index is -0.247. The van der Waals surface area contributed by atoms with Crippen molar-refractivity contribution in [3.05, 3.63) is 70.8 Å². The average Bonchev–Trinajstić information content (AvgIpc) is 3.17. The van der Waals surface area contributed by atoms with Crippen molar-refractivity contribution in [2.24, 2.45) is 4.99 Å². The van der Waals surface area contributed by atoms with Gasteiger partial charge in [0.15, 0.2) is 5.84 Å². The highest BCUT2D eigenvalue weighted by Gasteiger charge is 2.24. The largest absolute Gasteiger partial charge is 0.246 e. The highest BCUT2D eigenvalue weighted by Crippen LogP contribution is 2.28. The first-order chi connectivity index (χ1) is 9.92. The molecule has 0 saturated heterocycles. The van der Waals surface area contributed by atoms with E-state index in [0.29, 0.717) is 0 Å². The van der Waals surface area contributed by atoms with Gasteiger partial charge in [0.2, 0.25) is 6.23 Å². The summed E-state index contributed by atoms with van der Waals surface area (Å²) in [7, 11) is 0. The molecule has 0 fully saturated rings. The monoisotopic (exact) mass is 264 g/mol. The predicted molar refractivity (Wildman–Crippen MR) is 78.4 cm³/mol. The summed E-state index contributed by atoms with van der Waals surface area (Å²) in [6.07, 6.45) is 3.31. The maximum atomic E-state index is 5.61. The standard InChI is InChI=1S/C17H16N2O/c1-2-6-13(7-3-1)17-18-16(19-20-17)15-11-5-9-12-8-4-10-14(12)15/h1-3,5-7,9,11,17H,4,8,10H2,(H,18,19). The van der Waals surface area contributed by atoms with Crippen LogP contribution in [0.5, 0.6) is 0 Å². The molecule has 0 aromatic heterocycles. The van der Waals surface area contributed by atoms with Gasteiger partial charge in [-0.1, -0.05) is 48.5 Å². The maximum Gasteiger partial charge on any atom is 0.202 e. The van der Waals surface area contributed by atoms with Crippen LogP contribution in [0.4, 0.5) is 0 Å². The average molecular weight is 264 g/mol. The predicted octanol–water partition coefficient (Wildman–Crippen LogP) is 3.16. The minimum Gasteiger partial charge on any atom is -0.246 e. The van der Waals surface area contributed by atoms with Gasteiger partial charge in [0, 0.05) is 11.1 Å². The summed E-state index contributed by atoms with van der Waals surface area (Å²) in [5.41, 5.74) is 8.15. The fourth-order valence-corrected chi connectivity index (χ4v) is 3.01. The van der Waals surface area contributed by atoms with E-state index < -0.39 is 0 Å². The Morgan fingerprint density at radius 3 is 2.80 bits per heavy atom. The Morgan fingerprint density at radius 1 is 1.00 bits per heavy atom. The molecule has 0 saturated carbocycles. The summed E-state index contributed by atoms with van der Waals surface area (Å²) < 4.78 is 0. The highest BCUT2D eigenvalue weighted by molar-refractivity contribution is 6.00. The van der Waals surface area contributed by atoms with Gasteiger partial charge in [-0.05, 0) is 30.4 Å². The van der Waals surface area contributed by atoms with Crippen LogP contribution in [-0.2, 0) is 17.7 Å². The normalized spacial score (nSPS) is 20.4. The van der Waals surface area contributed by atoms with E-state index in [1.165, 1.54) is 29.5 Å². The fraction of sp³-hybridized carbons (Fsp3) is 0.235. The van der Waals surface area contributed by atoms with Gasteiger partial charge in [-0.15, -0.1) is 0 Å². The molecule has 3 nitrogen and oxygen atoms in total. The van der Waals surface area contributed by atoms with Gasteiger partial charge in [0.1, 0.15) is 0 Å². The van der Waals surface area contributed by atoms with Crippen molar-refractivity contribution >= 4 is 5.84 Å². The summed E-state index contributed by atoms with van der Waals surface area (Å²) in [6.45, 7) is 0. The number of benzene rings is 2. The molecular weight excluding hydrogens is 248 g/mol. The number of fused-ring (bicyclic) bond motifs is 1. The third-order valence-corrected chi connectivity index (χ3v) is 4.00. The Bertz CT molecular complexity index is 664. The van der Waals surface area contributed by atoms with Crippen LogP contribution in [0.3, 0.4) is 0 Å². The van der Waals surface area contributed by atoms with Crippen LogP contribution in [-0.4, -0.2) is 5.84 Å². The molecule has 0 spiro atoms. The molecule has 2 aromatic rings. The van der Waals surface area contributed by atoms with Crippen molar-refractivity contribution in [1.29, 1.82) is 0 Å². The number of amidine groups is 1. The minimum absolute atomic E-state index is 0.247. The summed E-state index contributed by atoms with van der Waals surface area (Å²) >= 11 is 0. The molecule has 1 heterocycles. The van der Waals surface area contributed by atoms with E-state index in [1.807, 2.05) is 30.3 Å². The van der Waals surface area contributed by atoms with Crippen molar-refractivity contribution in [3.8, 4) is 0 Å². The van der Waals surface area contributed by atoms with Gasteiger partial charge < -0.3 is 0 Å². The Labute approximate surface area is 118 Å². The third-order valence-electron chi connectivity index (χ3n) is 4.00. The molecule has 4 rings (SSSR count). The zero-order valence-electron chi connectivity index (χ0n) is 11.2. The molecule has 1 aliphatic carbocycles. The van der Waals surface area contributed by atoms with Crippen LogP contribution in [0, 0.1) is 0 Å². The molecule has 1 aliphatic heterocycles. The van der Waals surface area contributed by atoms with Crippen molar-refractivity contribution in [1.82, 2.24) is 5.48 Å². The van der Waals surface area contributed by atoms with Crippen LogP contribution < -0.4 is 5.48 Å². The fourth-order valence-electron chi connectivity index (χ4n) is 3.01. The van der Waals surface area contributed by atoms with Gasteiger partial charge >= 0.3 is 0 Å². The van der Waals surface area contributed by atoms with Gasteiger partial charge in [-0.3, -0.25) is 0 Å². The Morgan fingerprint density at radius 2 is 1.90 bits per heavy atom. The molecule has 100 valence electrons. The Kier molecular flexibility index (Phi) is 2.78. The molecule has 20 heavy (non-hydrogen) atoms. The lowest BCUT2D eigenvalue weighted by atomic mass is 10.0. The number of aliphatic imine (C=N–C) groups is 1. The number of hydrogen-bond acceptors (Lipinski definition) is 3. The van der Waals surface area contributed by atoms with Gasteiger partial charge in [-0.2, -0.15) is 0 Å². The molecule has 3 heteroatoms. The van der Waals surface area contributed by atoms with Gasteiger partial charge in [0.05, 0.1) is 0 Å². The van der Waals surface area contributed by atoms with Gasteiger partial charge in [-0.25, -0.2) is 15.3 Å². The number of hydrogen-bond donors (Lipinski definition) is 1. The maximum absolute atomic E-state index is 5.61. The molecule has 2 aromatic carbocycles. The topological polar surface area (TPSA) is 33.6 Å². The van der Waals surface area contributed by atoms with E-state index in [1.54, 1.807) is 0 Å². The number of rotatable bonds is 2. The van der Waals surface area contributed by atoms with Crippen molar-refractivity contribution in [2.75, 3.05) is 0 Å². The second kappa shape index (κ2) is 4.76. The number of aryl methyl sites for hydroxylation is 1. The van der Waals surface area contributed by atoms with E-state index in [4.69, 9.17) is 4.84 Å². The number of hydroxylamine groups is 1. The SMILES string of the molecule is c1ccc(C2N=C(c3cccc4c3CCC4)NO2)cc1. The Balaban J connectivity index is 1.69. The molecule has 1 unspecified atom stereocenters. The first-order valence-electron chi connectivity index (χ1n) is 7.07. The lowest BCUT2D eigenvalue weighted by Crippen LogP contribution is -2.19. The molecule has 1 atom stereocenters. The zero-order valence-corrected chi connectivity index (χ0v) is 11.2. The first-order valence-corrected chi connectivity index (χ1v) is 7.07. The van der Waals surface area contributed by atoms with Crippen LogP contribution in [0.25, 0.3) is 0 Å². The lowest BCUT2D eigenvalue weighted by Gasteiger charge is -2.07. The smallest absolute Gasteiger partial charge is 0.202 e. The van der Waals surface area contributed by atoms with Crippen LogP contribution in [0.15, 0.2) is 53.5 Å². The number of nitrogens with zero attached hydrogens (tertiary/aromatic N) is 1. The second-order valence-corrected chi connectivity index (χ2v) is 5.26. The summed E-state index contributed by atoms with van der Waals surface area (Å²) in [5, 5.41) is 0. The van der Waals surface area contributed by atoms with Crippen molar-refractivity contribution in [2.45, 2.75) is 25.5 Å². The van der Waals surface area contributed by atoms with Crippen molar-refractivity contribution in [3.63, 3.8) is 0 Å². The molecule has 2 aliphatic rings. The van der Waals surface area contributed by atoms with Crippen LogP contribution >= 0.6 is 0 Å². The van der Waals surface area contributed by atoms with E-state index in [2.05, 4.69) is 28.7 Å². The molecular formula is C17H16N2O. The number of nitrogens with one attached hydrogen (secondary N) is 1. The molecule has 0 bridgehead atoms. The van der Waals surface area contributed by atoms with Gasteiger partial charge in [0.25, 0.3) is 0 Å². The summed E-state index contributed by atoms with van der Waals surface area (Å²) in [6, 6.07) is 16.5. The Hall–Kier alpha value is -2.13. The zero-order chi connectivity index (χ0) is 13.4. The third kappa shape index (κ3) is 1.91. The molecule has 0 radical (unpaired) electrons. The second-order valence-electron chi connectivity index (χ2n) is 5.26.